The van der Waals surface area contributed by atoms with Gasteiger partial charge in [0.15, 0.2) is 0 Å². The lowest BCUT2D eigenvalue weighted by molar-refractivity contribution is 0.761. The van der Waals surface area contributed by atoms with E-state index in [2.05, 4.69) is 55.6 Å². The van der Waals surface area contributed by atoms with E-state index in [1.165, 1.54) is 16.8 Å². The highest BCUT2D eigenvalue weighted by atomic mass is 15.4. The summed E-state index contributed by atoms with van der Waals surface area (Å²) in [6, 6.07) is 8.30. The Morgan fingerprint density at radius 3 is 2.50 bits per heavy atom. The highest BCUT2D eigenvalue weighted by Crippen LogP contribution is 2.14. The third-order valence-corrected chi connectivity index (χ3v) is 3.20. The van der Waals surface area contributed by atoms with Gasteiger partial charge in [-0.15, -0.1) is 0 Å². The molecule has 1 aromatic carbocycles. The average Bonchev–Trinajstić information content (AvgIpc) is 2.38. The van der Waals surface area contributed by atoms with E-state index in [1.54, 1.807) is 0 Å². The lowest BCUT2D eigenvalue weighted by Gasteiger charge is -2.21. The van der Waals surface area contributed by atoms with Crippen molar-refractivity contribution in [3.05, 3.63) is 53.3 Å². The van der Waals surface area contributed by atoms with Gasteiger partial charge in [0.1, 0.15) is 0 Å². The first-order valence-corrected chi connectivity index (χ1v) is 6.34. The first kappa shape index (κ1) is 12.7. The van der Waals surface area contributed by atoms with Crippen LogP contribution in [-0.4, -0.2) is 13.1 Å². The predicted octanol–water partition coefficient (Wildman–Crippen LogP) is 2.50. The molecule has 1 aliphatic rings. The van der Waals surface area contributed by atoms with Crippen molar-refractivity contribution < 1.29 is 0 Å². The number of rotatable bonds is 4. The molecule has 1 aliphatic heterocycles. The highest BCUT2D eigenvalue weighted by molar-refractivity contribution is 5.46. The number of hydrogen-bond acceptors (Lipinski definition) is 3. The van der Waals surface area contributed by atoms with Crippen LogP contribution in [0, 0.1) is 6.92 Å². The fraction of sp³-hybridized carbons (Fsp3) is 0.333. The molecule has 0 fully saturated rings. The summed E-state index contributed by atoms with van der Waals surface area (Å²) in [7, 11) is 0. The van der Waals surface area contributed by atoms with Gasteiger partial charge >= 0.3 is 0 Å². The van der Waals surface area contributed by atoms with Crippen molar-refractivity contribution in [1.82, 2.24) is 5.32 Å². The van der Waals surface area contributed by atoms with Gasteiger partial charge in [-0.1, -0.05) is 23.8 Å². The predicted molar refractivity (Wildman–Crippen MR) is 77.2 cm³/mol. The Morgan fingerprint density at radius 2 is 1.89 bits per heavy atom. The number of allylic oxidation sites excluding steroid dienone is 3. The van der Waals surface area contributed by atoms with Gasteiger partial charge in [-0.2, -0.15) is 0 Å². The van der Waals surface area contributed by atoms with Crippen molar-refractivity contribution in [2.24, 2.45) is 5.84 Å². The number of benzene rings is 1. The van der Waals surface area contributed by atoms with Gasteiger partial charge in [0, 0.05) is 18.8 Å². The van der Waals surface area contributed by atoms with Crippen LogP contribution in [0.4, 0.5) is 5.69 Å². The molecule has 0 aromatic heterocycles. The minimum atomic E-state index is 0.837. The van der Waals surface area contributed by atoms with Crippen LogP contribution in [0.25, 0.3) is 0 Å². The third kappa shape index (κ3) is 3.37. The van der Waals surface area contributed by atoms with Crippen LogP contribution in [0.1, 0.15) is 18.9 Å². The van der Waals surface area contributed by atoms with E-state index >= 15 is 0 Å². The smallest absolute Gasteiger partial charge is 0.0517 e. The van der Waals surface area contributed by atoms with E-state index in [0.29, 0.717) is 0 Å². The van der Waals surface area contributed by atoms with Crippen LogP contribution >= 0.6 is 0 Å². The maximum Gasteiger partial charge on any atom is 0.0517 e. The highest BCUT2D eigenvalue weighted by Gasteiger charge is 2.05. The number of aryl methyl sites for hydroxylation is 1. The summed E-state index contributed by atoms with van der Waals surface area (Å²) in [4.78, 5) is 0. The molecule has 0 saturated carbocycles. The standard InChI is InChI=1S/C15H21N3/c1-12-3-7-15(8-4-12)18(16)10-9-14-6-5-13(2)17-11-14/h3-8,17H,9-11,16H2,1-2H3. The average molecular weight is 243 g/mol. The summed E-state index contributed by atoms with van der Waals surface area (Å²) in [5.74, 6) is 6.06. The zero-order valence-electron chi connectivity index (χ0n) is 11.1. The summed E-state index contributed by atoms with van der Waals surface area (Å²) in [6.45, 7) is 5.93. The number of anilines is 1. The van der Waals surface area contributed by atoms with Gasteiger partial charge in [-0.25, -0.2) is 5.84 Å². The summed E-state index contributed by atoms with van der Waals surface area (Å²) >= 11 is 0. The van der Waals surface area contributed by atoms with Gasteiger partial charge in [0.2, 0.25) is 0 Å². The first-order valence-electron chi connectivity index (χ1n) is 6.34. The van der Waals surface area contributed by atoms with Gasteiger partial charge in [0.05, 0.1) is 5.69 Å². The first-order chi connectivity index (χ1) is 8.65. The number of hydrogen-bond donors (Lipinski definition) is 2. The lowest BCUT2D eigenvalue weighted by atomic mass is 10.1. The molecule has 0 amide bonds. The van der Waals surface area contributed by atoms with Crippen LogP contribution in [-0.2, 0) is 0 Å². The van der Waals surface area contributed by atoms with Crippen molar-refractivity contribution in [2.45, 2.75) is 20.3 Å². The zero-order chi connectivity index (χ0) is 13.0. The van der Waals surface area contributed by atoms with Gasteiger partial charge in [-0.3, -0.25) is 0 Å². The largest absolute Gasteiger partial charge is 0.385 e. The molecule has 3 N–H and O–H groups in total. The quantitative estimate of drug-likeness (QED) is 0.630. The number of nitrogens with one attached hydrogen (secondary N) is 1. The van der Waals surface area contributed by atoms with Crippen molar-refractivity contribution in [1.29, 1.82) is 0 Å². The Morgan fingerprint density at radius 1 is 1.17 bits per heavy atom. The van der Waals surface area contributed by atoms with Crippen LogP contribution in [0.5, 0.6) is 0 Å². The van der Waals surface area contributed by atoms with Crippen molar-refractivity contribution >= 4 is 5.69 Å². The number of dihydropyridines is 1. The molecule has 1 heterocycles. The van der Waals surface area contributed by atoms with Gasteiger partial charge in [-0.05, 0) is 44.1 Å². The molecule has 0 bridgehead atoms. The SMILES string of the molecule is CC1=CC=C(CCN(N)c2ccc(C)cc2)CN1. The van der Waals surface area contributed by atoms with E-state index in [9.17, 15) is 0 Å². The Balaban J connectivity index is 1.88. The Hall–Kier alpha value is -1.74. The second-order valence-corrected chi connectivity index (χ2v) is 4.81. The molecule has 0 radical (unpaired) electrons. The molecule has 2 rings (SSSR count). The van der Waals surface area contributed by atoms with Crippen molar-refractivity contribution in [3.63, 3.8) is 0 Å². The fourth-order valence-corrected chi connectivity index (χ4v) is 1.91. The second-order valence-electron chi connectivity index (χ2n) is 4.81. The summed E-state index contributed by atoms with van der Waals surface area (Å²) < 4.78 is 0. The van der Waals surface area contributed by atoms with Crippen molar-refractivity contribution in [2.75, 3.05) is 18.1 Å². The van der Waals surface area contributed by atoms with E-state index in [1.807, 2.05) is 5.01 Å². The lowest BCUT2D eigenvalue weighted by Crippen LogP contribution is -2.32. The van der Waals surface area contributed by atoms with Crippen LogP contribution in [0.3, 0.4) is 0 Å². The summed E-state index contributed by atoms with van der Waals surface area (Å²) in [6.07, 6.45) is 5.29. The molecular formula is C15H21N3. The van der Waals surface area contributed by atoms with E-state index in [0.717, 1.165) is 25.2 Å². The molecule has 3 nitrogen and oxygen atoms in total. The third-order valence-electron chi connectivity index (χ3n) is 3.20. The Bertz CT molecular complexity index is 457. The normalized spacial score (nSPS) is 14.6. The number of hydrazine groups is 1. The maximum absolute atomic E-state index is 6.06. The monoisotopic (exact) mass is 243 g/mol. The summed E-state index contributed by atoms with van der Waals surface area (Å²) in [5, 5.41) is 5.15. The topological polar surface area (TPSA) is 41.3 Å². The van der Waals surface area contributed by atoms with Crippen LogP contribution in [0.15, 0.2) is 47.7 Å². The van der Waals surface area contributed by atoms with Gasteiger partial charge in [0.25, 0.3) is 0 Å². The second kappa shape index (κ2) is 5.74. The molecule has 3 heteroatoms. The van der Waals surface area contributed by atoms with E-state index < -0.39 is 0 Å². The summed E-state index contributed by atoms with van der Waals surface area (Å²) in [5.41, 5.74) is 4.94. The molecule has 1 aromatic rings. The van der Waals surface area contributed by atoms with E-state index in [4.69, 9.17) is 5.84 Å². The molecule has 96 valence electrons. The molecule has 0 atom stereocenters. The maximum atomic E-state index is 6.06. The molecular weight excluding hydrogens is 222 g/mol. The molecule has 18 heavy (non-hydrogen) atoms. The Kier molecular flexibility index (Phi) is 4.05. The zero-order valence-corrected chi connectivity index (χ0v) is 11.1. The minimum Gasteiger partial charge on any atom is -0.385 e. The molecule has 0 spiro atoms. The fourth-order valence-electron chi connectivity index (χ4n) is 1.91. The molecule has 0 saturated heterocycles. The molecule has 0 unspecified atom stereocenters. The minimum absolute atomic E-state index is 0.837. The number of nitrogens with two attached hydrogens (primary N) is 1. The van der Waals surface area contributed by atoms with Crippen LogP contribution in [0.2, 0.25) is 0 Å². The molecule has 0 aliphatic carbocycles. The van der Waals surface area contributed by atoms with Crippen molar-refractivity contribution in [3.8, 4) is 0 Å². The Labute approximate surface area is 109 Å². The van der Waals surface area contributed by atoms with Gasteiger partial charge < -0.3 is 10.3 Å². The van der Waals surface area contributed by atoms with Crippen LogP contribution < -0.4 is 16.2 Å². The number of nitrogens with zero attached hydrogens (tertiary/aromatic N) is 1. The van der Waals surface area contributed by atoms with E-state index in [-0.39, 0.29) is 0 Å².